The van der Waals surface area contributed by atoms with Crippen molar-refractivity contribution in [2.75, 3.05) is 6.61 Å². The molecule has 168 valence electrons. The summed E-state index contributed by atoms with van der Waals surface area (Å²) in [5.74, 6) is 0.159. The van der Waals surface area contributed by atoms with Gasteiger partial charge < -0.3 is 10.1 Å². The molecule has 0 spiro atoms. The molecule has 0 aliphatic heterocycles. The van der Waals surface area contributed by atoms with Gasteiger partial charge in [0.1, 0.15) is 11.8 Å². The van der Waals surface area contributed by atoms with Gasteiger partial charge >= 0.3 is 0 Å². The molecule has 0 saturated heterocycles. The van der Waals surface area contributed by atoms with Gasteiger partial charge in [-0.3, -0.25) is 4.79 Å². The number of nitrogens with one attached hydrogen (secondary N) is 2. The molecule has 0 fully saturated rings. The minimum absolute atomic E-state index is 0.0597. The number of amides is 1. The van der Waals surface area contributed by atoms with Gasteiger partial charge in [0.15, 0.2) is 0 Å². The smallest absolute Gasteiger partial charge is 0.241 e. The number of ether oxygens (including phenoxy) is 1. The van der Waals surface area contributed by atoms with Crippen LogP contribution in [-0.2, 0) is 27.8 Å². The standard InChI is InChI=1S/C24H25ClN2O4S/c1-2-31-21-12-14-22(15-13-21)32(29,30)27-23(16-18-6-4-3-5-7-18)24(28)26-17-19-8-10-20(25)11-9-19/h3-15,23,27H,2,16-17H2,1H3,(H,26,28)/t23-/m1/s1. The molecular weight excluding hydrogens is 448 g/mol. The molecule has 1 atom stereocenters. The van der Waals surface area contributed by atoms with E-state index in [0.717, 1.165) is 11.1 Å². The van der Waals surface area contributed by atoms with Gasteiger partial charge in [-0.25, -0.2) is 8.42 Å². The highest BCUT2D eigenvalue weighted by Gasteiger charge is 2.26. The lowest BCUT2D eigenvalue weighted by molar-refractivity contribution is -0.122. The lowest BCUT2D eigenvalue weighted by Gasteiger charge is -2.19. The van der Waals surface area contributed by atoms with Gasteiger partial charge in [0.25, 0.3) is 0 Å². The molecule has 3 rings (SSSR count). The molecule has 0 aliphatic rings. The average Bonchev–Trinajstić information content (AvgIpc) is 2.79. The molecule has 2 N–H and O–H groups in total. The molecule has 0 heterocycles. The van der Waals surface area contributed by atoms with Gasteiger partial charge in [-0.1, -0.05) is 54.1 Å². The Bertz CT molecular complexity index is 1120. The Morgan fingerprint density at radius 1 is 0.938 bits per heavy atom. The topological polar surface area (TPSA) is 84.5 Å². The van der Waals surface area contributed by atoms with E-state index >= 15 is 0 Å². The van der Waals surface area contributed by atoms with Crippen LogP contribution in [0.4, 0.5) is 0 Å². The fraction of sp³-hybridized carbons (Fsp3) is 0.208. The number of benzene rings is 3. The first-order valence-electron chi connectivity index (χ1n) is 10.2. The van der Waals surface area contributed by atoms with E-state index in [4.69, 9.17) is 16.3 Å². The second kappa shape index (κ2) is 11.1. The SMILES string of the molecule is CCOc1ccc(S(=O)(=O)N[C@H](Cc2ccccc2)C(=O)NCc2ccc(Cl)cc2)cc1. The molecule has 3 aromatic carbocycles. The van der Waals surface area contributed by atoms with Crippen LogP contribution in [0.5, 0.6) is 5.75 Å². The molecule has 6 nitrogen and oxygen atoms in total. The third-order valence-corrected chi connectivity index (χ3v) is 6.46. The van der Waals surface area contributed by atoms with E-state index in [1.807, 2.05) is 37.3 Å². The van der Waals surface area contributed by atoms with E-state index in [-0.39, 0.29) is 17.9 Å². The number of carbonyl (C=O) groups excluding carboxylic acids is 1. The fourth-order valence-corrected chi connectivity index (χ4v) is 4.41. The highest BCUT2D eigenvalue weighted by molar-refractivity contribution is 7.89. The Labute approximate surface area is 193 Å². The van der Waals surface area contributed by atoms with Crippen LogP contribution in [0, 0.1) is 0 Å². The maximum absolute atomic E-state index is 13.0. The first-order chi connectivity index (χ1) is 15.4. The summed E-state index contributed by atoms with van der Waals surface area (Å²) in [6.07, 6.45) is 0.212. The summed E-state index contributed by atoms with van der Waals surface area (Å²) in [5, 5.41) is 3.41. The van der Waals surface area contributed by atoms with Gasteiger partial charge in [-0.2, -0.15) is 4.72 Å². The Hall–Kier alpha value is -2.87. The molecular formula is C24H25ClN2O4S. The molecule has 1 amide bonds. The zero-order valence-corrected chi connectivity index (χ0v) is 19.2. The normalized spacial score (nSPS) is 12.2. The summed E-state index contributed by atoms with van der Waals surface area (Å²) >= 11 is 5.90. The van der Waals surface area contributed by atoms with Gasteiger partial charge in [0, 0.05) is 11.6 Å². The lowest BCUT2D eigenvalue weighted by Crippen LogP contribution is -2.47. The van der Waals surface area contributed by atoms with Crippen LogP contribution in [0.1, 0.15) is 18.1 Å². The minimum atomic E-state index is -3.93. The van der Waals surface area contributed by atoms with Crippen LogP contribution in [0.2, 0.25) is 5.02 Å². The van der Waals surface area contributed by atoms with Crippen molar-refractivity contribution in [1.29, 1.82) is 0 Å². The van der Waals surface area contributed by atoms with Gasteiger partial charge in [0.05, 0.1) is 11.5 Å². The third kappa shape index (κ3) is 6.82. The van der Waals surface area contributed by atoms with Crippen molar-refractivity contribution in [3.63, 3.8) is 0 Å². The lowest BCUT2D eigenvalue weighted by atomic mass is 10.1. The van der Waals surface area contributed by atoms with Crippen molar-refractivity contribution in [2.45, 2.75) is 30.8 Å². The van der Waals surface area contributed by atoms with Crippen LogP contribution < -0.4 is 14.8 Å². The highest BCUT2D eigenvalue weighted by Crippen LogP contribution is 2.17. The molecule has 0 bridgehead atoms. The summed E-state index contributed by atoms with van der Waals surface area (Å²) in [7, 11) is -3.93. The Kier molecular flexibility index (Phi) is 8.27. The minimum Gasteiger partial charge on any atom is -0.494 e. The molecule has 0 radical (unpaired) electrons. The van der Waals surface area contributed by atoms with E-state index in [9.17, 15) is 13.2 Å². The maximum atomic E-state index is 13.0. The van der Waals surface area contributed by atoms with E-state index < -0.39 is 22.0 Å². The zero-order chi connectivity index (χ0) is 23.0. The quantitative estimate of drug-likeness (QED) is 0.468. The van der Waals surface area contributed by atoms with Crippen molar-refractivity contribution in [2.24, 2.45) is 0 Å². The van der Waals surface area contributed by atoms with Crippen LogP contribution >= 0.6 is 11.6 Å². The number of carbonyl (C=O) groups is 1. The largest absolute Gasteiger partial charge is 0.494 e. The highest BCUT2D eigenvalue weighted by atomic mass is 35.5. The second-order valence-corrected chi connectivity index (χ2v) is 9.26. The van der Waals surface area contributed by atoms with E-state index in [1.54, 1.807) is 36.4 Å². The van der Waals surface area contributed by atoms with Crippen molar-refractivity contribution >= 4 is 27.5 Å². The van der Waals surface area contributed by atoms with E-state index in [1.165, 1.54) is 12.1 Å². The molecule has 0 aromatic heterocycles. The van der Waals surface area contributed by atoms with Crippen LogP contribution in [0.3, 0.4) is 0 Å². The molecule has 3 aromatic rings. The number of hydrogen-bond acceptors (Lipinski definition) is 4. The summed E-state index contributed by atoms with van der Waals surface area (Å²) in [5.41, 5.74) is 1.70. The van der Waals surface area contributed by atoms with Gasteiger partial charge in [0.2, 0.25) is 15.9 Å². The van der Waals surface area contributed by atoms with Crippen molar-refractivity contribution < 1.29 is 17.9 Å². The van der Waals surface area contributed by atoms with Crippen LogP contribution in [-0.4, -0.2) is 27.0 Å². The molecule has 0 saturated carbocycles. The Morgan fingerprint density at radius 2 is 1.59 bits per heavy atom. The van der Waals surface area contributed by atoms with E-state index in [2.05, 4.69) is 10.0 Å². The summed E-state index contributed by atoms with van der Waals surface area (Å²) in [6, 6.07) is 21.4. The number of hydrogen-bond donors (Lipinski definition) is 2. The van der Waals surface area contributed by atoms with Crippen molar-refractivity contribution in [3.05, 3.63) is 95.0 Å². The molecule has 0 aliphatic carbocycles. The molecule has 8 heteroatoms. The Balaban J connectivity index is 1.76. The first-order valence-corrected chi connectivity index (χ1v) is 12.0. The number of rotatable bonds is 10. The third-order valence-electron chi connectivity index (χ3n) is 4.72. The predicted octanol–water partition coefficient (Wildman–Crippen LogP) is 3.94. The maximum Gasteiger partial charge on any atom is 0.241 e. The summed E-state index contributed by atoms with van der Waals surface area (Å²) < 4.78 is 33.9. The monoisotopic (exact) mass is 472 g/mol. The van der Waals surface area contributed by atoms with Crippen molar-refractivity contribution in [1.82, 2.24) is 10.0 Å². The van der Waals surface area contributed by atoms with Crippen LogP contribution in [0.15, 0.2) is 83.8 Å². The molecule has 0 unspecified atom stereocenters. The second-order valence-electron chi connectivity index (χ2n) is 7.11. The zero-order valence-electron chi connectivity index (χ0n) is 17.6. The summed E-state index contributed by atoms with van der Waals surface area (Å²) in [4.78, 5) is 13.0. The average molecular weight is 473 g/mol. The Morgan fingerprint density at radius 3 is 2.22 bits per heavy atom. The summed E-state index contributed by atoms with van der Waals surface area (Å²) in [6.45, 7) is 2.59. The predicted molar refractivity (Wildman–Crippen MR) is 125 cm³/mol. The first kappa shape index (κ1) is 23.8. The number of halogens is 1. The molecule has 32 heavy (non-hydrogen) atoms. The van der Waals surface area contributed by atoms with E-state index in [0.29, 0.717) is 17.4 Å². The van der Waals surface area contributed by atoms with Gasteiger partial charge in [-0.15, -0.1) is 0 Å². The van der Waals surface area contributed by atoms with Crippen molar-refractivity contribution in [3.8, 4) is 5.75 Å². The van der Waals surface area contributed by atoms with Crippen LogP contribution in [0.25, 0.3) is 0 Å². The number of sulfonamides is 1. The van der Waals surface area contributed by atoms with Gasteiger partial charge in [-0.05, 0) is 60.9 Å². The fourth-order valence-electron chi connectivity index (χ4n) is 3.09.